The summed E-state index contributed by atoms with van der Waals surface area (Å²) in [6, 6.07) is 1.21. The number of rotatable bonds is 2. The molecular formula is C14H19BF3NO3. The standard InChI is InChI=1S/C14H19BF3NO3/c1-11(2)12(3,4)22-15(21-11)10-6-9(7-19-8-10)13(5,20)14(16,17)18/h6-8,20H,1-5H3/t13-/m0/s1. The Bertz CT molecular complexity index is 557. The number of aliphatic hydroxyl groups is 1. The Morgan fingerprint density at radius 3 is 2.05 bits per heavy atom. The van der Waals surface area contributed by atoms with Crippen LogP contribution in [0.25, 0.3) is 0 Å². The monoisotopic (exact) mass is 317 g/mol. The summed E-state index contributed by atoms with van der Waals surface area (Å²) in [5, 5.41) is 9.75. The van der Waals surface area contributed by atoms with E-state index in [0.29, 0.717) is 12.4 Å². The van der Waals surface area contributed by atoms with E-state index in [-0.39, 0.29) is 5.56 Å². The molecule has 0 bridgehead atoms. The number of hydrogen-bond donors (Lipinski definition) is 1. The summed E-state index contributed by atoms with van der Waals surface area (Å²) >= 11 is 0. The van der Waals surface area contributed by atoms with Crippen LogP contribution in [0.3, 0.4) is 0 Å². The summed E-state index contributed by atoms with van der Waals surface area (Å²) in [6.45, 7) is 8.07. The molecule has 2 rings (SSSR count). The van der Waals surface area contributed by atoms with E-state index in [4.69, 9.17) is 9.31 Å². The lowest BCUT2D eigenvalue weighted by molar-refractivity contribution is -0.258. The molecule has 1 aromatic rings. The molecule has 0 aliphatic carbocycles. The quantitative estimate of drug-likeness (QED) is 0.849. The van der Waals surface area contributed by atoms with Crippen LogP contribution in [0.4, 0.5) is 13.2 Å². The van der Waals surface area contributed by atoms with Crippen LogP contribution in [-0.4, -0.2) is 34.6 Å². The molecule has 2 heterocycles. The summed E-state index contributed by atoms with van der Waals surface area (Å²) in [5.41, 5.74) is -4.23. The molecule has 1 atom stereocenters. The van der Waals surface area contributed by atoms with Crippen LogP contribution < -0.4 is 5.46 Å². The zero-order valence-corrected chi connectivity index (χ0v) is 13.2. The highest BCUT2D eigenvalue weighted by molar-refractivity contribution is 6.62. The maximum atomic E-state index is 12.9. The van der Waals surface area contributed by atoms with Crippen molar-refractivity contribution < 1.29 is 27.6 Å². The molecule has 8 heteroatoms. The molecule has 22 heavy (non-hydrogen) atoms. The first-order valence-corrected chi connectivity index (χ1v) is 6.88. The Morgan fingerprint density at radius 1 is 1.09 bits per heavy atom. The summed E-state index contributed by atoms with van der Waals surface area (Å²) in [5.74, 6) is 0. The van der Waals surface area contributed by atoms with Crippen LogP contribution in [0, 0.1) is 0 Å². The summed E-state index contributed by atoms with van der Waals surface area (Å²) in [6.07, 6.45) is -2.44. The number of pyridine rings is 1. The maximum absolute atomic E-state index is 12.9. The van der Waals surface area contributed by atoms with Gasteiger partial charge in [-0.1, -0.05) is 6.07 Å². The second kappa shape index (κ2) is 4.94. The van der Waals surface area contributed by atoms with E-state index in [1.807, 2.05) is 27.7 Å². The fourth-order valence-electron chi connectivity index (χ4n) is 2.00. The maximum Gasteiger partial charge on any atom is 0.496 e. The van der Waals surface area contributed by atoms with Crippen molar-refractivity contribution in [2.75, 3.05) is 0 Å². The van der Waals surface area contributed by atoms with Gasteiger partial charge in [0.25, 0.3) is 0 Å². The summed E-state index contributed by atoms with van der Waals surface area (Å²) in [7, 11) is -0.832. The molecule has 4 nitrogen and oxygen atoms in total. The Labute approximate surface area is 127 Å². The van der Waals surface area contributed by atoms with E-state index >= 15 is 0 Å². The van der Waals surface area contributed by atoms with Crippen molar-refractivity contribution in [3.63, 3.8) is 0 Å². The van der Waals surface area contributed by atoms with Crippen molar-refractivity contribution in [3.05, 3.63) is 24.0 Å². The highest BCUT2D eigenvalue weighted by Gasteiger charge is 2.54. The predicted octanol–water partition coefficient (Wildman–Crippen LogP) is 2.15. The molecule has 0 spiro atoms. The van der Waals surface area contributed by atoms with Gasteiger partial charge in [-0.05, 0) is 34.6 Å². The highest BCUT2D eigenvalue weighted by Crippen LogP contribution is 2.39. The van der Waals surface area contributed by atoms with E-state index in [1.54, 1.807) is 0 Å². The van der Waals surface area contributed by atoms with Gasteiger partial charge in [-0.3, -0.25) is 4.98 Å². The van der Waals surface area contributed by atoms with Crippen LogP contribution in [0.15, 0.2) is 18.5 Å². The van der Waals surface area contributed by atoms with Crippen LogP contribution in [0.1, 0.15) is 40.2 Å². The van der Waals surface area contributed by atoms with E-state index < -0.39 is 30.1 Å². The summed E-state index contributed by atoms with van der Waals surface area (Å²) < 4.78 is 50.4. The van der Waals surface area contributed by atoms with Gasteiger partial charge in [0.2, 0.25) is 0 Å². The van der Waals surface area contributed by atoms with E-state index in [0.717, 1.165) is 6.20 Å². The number of nitrogens with zero attached hydrogens (tertiary/aromatic N) is 1. The SMILES string of the molecule is CC1(C)OB(c2cncc([C@](C)(O)C(F)(F)F)c2)OC1(C)C. The number of halogens is 3. The largest absolute Gasteiger partial charge is 0.496 e. The molecule has 1 saturated heterocycles. The molecule has 1 aliphatic heterocycles. The van der Waals surface area contributed by atoms with Crippen molar-refractivity contribution >= 4 is 12.6 Å². The van der Waals surface area contributed by atoms with Gasteiger partial charge in [0.05, 0.1) is 11.2 Å². The van der Waals surface area contributed by atoms with Crippen molar-refractivity contribution in [2.45, 2.75) is 57.6 Å². The molecule has 0 aromatic carbocycles. The lowest BCUT2D eigenvalue weighted by atomic mass is 9.78. The van der Waals surface area contributed by atoms with Gasteiger partial charge in [0.15, 0.2) is 5.60 Å². The Kier molecular flexibility index (Phi) is 3.87. The number of alkyl halides is 3. The Balaban J connectivity index is 2.35. The minimum Gasteiger partial charge on any atom is -0.399 e. The zero-order chi connectivity index (χ0) is 17.0. The minimum atomic E-state index is -4.80. The van der Waals surface area contributed by atoms with E-state index in [9.17, 15) is 18.3 Å². The summed E-state index contributed by atoms with van der Waals surface area (Å²) in [4.78, 5) is 3.78. The van der Waals surface area contributed by atoms with Gasteiger partial charge in [-0.15, -0.1) is 0 Å². The molecule has 1 aromatic heterocycles. The van der Waals surface area contributed by atoms with Gasteiger partial charge in [0.1, 0.15) is 0 Å². The first kappa shape index (κ1) is 17.2. The van der Waals surface area contributed by atoms with Gasteiger partial charge < -0.3 is 14.4 Å². The van der Waals surface area contributed by atoms with E-state index in [2.05, 4.69) is 4.98 Å². The van der Waals surface area contributed by atoms with E-state index in [1.165, 1.54) is 12.3 Å². The number of aromatic nitrogens is 1. The average Bonchev–Trinajstić information content (AvgIpc) is 2.57. The normalized spacial score (nSPS) is 23.4. The fourth-order valence-corrected chi connectivity index (χ4v) is 2.00. The highest BCUT2D eigenvalue weighted by atomic mass is 19.4. The molecule has 0 amide bonds. The lowest BCUT2D eigenvalue weighted by Crippen LogP contribution is -2.41. The van der Waals surface area contributed by atoms with Gasteiger partial charge >= 0.3 is 13.3 Å². The lowest BCUT2D eigenvalue weighted by Gasteiger charge is -2.32. The zero-order valence-electron chi connectivity index (χ0n) is 13.2. The van der Waals surface area contributed by atoms with Crippen molar-refractivity contribution in [1.82, 2.24) is 4.98 Å². The van der Waals surface area contributed by atoms with Gasteiger partial charge in [-0.25, -0.2) is 0 Å². The minimum absolute atomic E-state index is 0.334. The molecule has 0 saturated carbocycles. The first-order chi connectivity index (χ1) is 9.78. The third kappa shape index (κ3) is 2.75. The smallest absolute Gasteiger partial charge is 0.399 e. The molecule has 122 valence electrons. The fraction of sp³-hybridized carbons (Fsp3) is 0.643. The molecule has 1 N–H and O–H groups in total. The predicted molar refractivity (Wildman–Crippen MR) is 75.6 cm³/mol. The van der Waals surface area contributed by atoms with Crippen LogP contribution >= 0.6 is 0 Å². The second-order valence-electron chi connectivity index (χ2n) is 6.67. The topological polar surface area (TPSA) is 51.6 Å². The van der Waals surface area contributed by atoms with Crippen LogP contribution in [-0.2, 0) is 14.9 Å². The Morgan fingerprint density at radius 2 is 1.59 bits per heavy atom. The molecule has 1 fully saturated rings. The molecule has 1 aliphatic rings. The van der Waals surface area contributed by atoms with Gasteiger partial charge in [-0.2, -0.15) is 13.2 Å². The molecule has 0 unspecified atom stereocenters. The Hall–Kier alpha value is -1.12. The molecular weight excluding hydrogens is 298 g/mol. The third-order valence-corrected chi connectivity index (χ3v) is 4.40. The third-order valence-electron chi connectivity index (χ3n) is 4.40. The number of hydrogen-bond acceptors (Lipinski definition) is 4. The van der Waals surface area contributed by atoms with Gasteiger partial charge in [0, 0.05) is 23.4 Å². The molecule has 0 radical (unpaired) electrons. The van der Waals surface area contributed by atoms with Crippen molar-refractivity contribution in [3.8, 4) is 0 Å². The van der Waals surface area contributed by atoms with Crippen molar-refractivity contribution in [1.29, 1.82) is 0 Å². The second-order valence-corrected chi connectivity index (χ2v) is 6.67. The first-order valence-electron chi connectivity index (χ1n) is 6.88. The van der Waals surface area contributed by atoms with Crippen LogP contribution in [0.2, 0.25) is 0 Å². The average molecular weight is 317 g/mol. The van der Waals surface area contributed by atoms with Crippen molar-refractivity contribution in [2.24, 2.45) is 0 Å². The van der Waals surface area contributed by atoms with Crippen LogP contribution in [0.5, 0.6) is 0 Å².